The molecule has 1 aliphatic carbocycles. The van der Waals surface area contributed by atoms with E-state index in [2.05, 4.69) is 0 Å². The Bertz CT molecular complexity index is 246. The van der Waals surface area contributed by atoms with Gasteiger partial charge in [-0.2, -0.15) is 0 Å². The Labute approximate surface area is 84.4 Å². The van der Waals surface area contributed by atoms with Crippen molar-refractivity contribution in [1.82, 2.24) is 4.90 Å². The van der Waals surface area contributed by atoms with Gasteiger partial charge in [0.1, 0.15) is 0 Å². The molecule has 1 amide bonds. The van der Waals surface area contributed by atoms with Crippen LogP contribution in [0.4, 0.5) is 0 Å². The number of nitrogens with zero attached hydrogens (tertiary/aromatic N) is 1. The highest BCUT2D eigenvalue weighted by Crippen LogP contribution is 2.45. The van der Waals surface area contributed by atoms with Crippen LogP contribution in [0.3, 0.4) is 0 Å². The van der Waals surface area contributed by atoms with E-state index in [1.165, 1.54) is 25.7 Å². The predicted octanol–water partition coefficient (Wildman–Crippen LogP) is 1.04. The standard InChI is InChI=1S/C11H17NO2/c13-10(9-5-14-6-9)12-7-11(8-12)3-1-2-4-11/h9H,1-8H2. The van der Waals surface area contributed by atoms with Crippen molar-refractivity contribution in [3.8, 4) is 0 Å². The van der Waals surface area contributed by atoms with Crippen molar-refractivity contribution < 1.29 is 9.53 Å². The largest absolute Gasteiger partial charge is 0.380 e. The molecule has 0 aromatic carbocycles. The van der Waals surface area contributed by atoms with Gasteiger partial charge in [0, 0.05) is 18.5 Å². The highest BCUT2D eigenvalue weighted by molar-refractivity contribution is 5.80. The van der Waals surface area contributed by atoms with E-state index in [0.29, 0.717) is 24.5 Å². The zero-order chi connectivity index (χ0) is 9.60. The van der Waals surface area contributed by atoms with E-state index in [0.717, 1.165) is 13.1 Å². The molecule has 0 radical (unpaired) electrons. The number of amides is 1. The van der Waals surface area contributed by atoms with Crippen molar-refractivity contribution in [3.63, 3.8) is 0 Å². The molecule has 3 heteroatoms. The Kier molecular flexibility index (Phi) is 1.84. The molecular weight excluding hydrogens is 178 g/mol. The third kappa shape index (κ3) is 1.18. The molecule has 2 saturated heterocycles. The Morgan fingerprint density at radius 2 is 1.86 bits per heavy atom. The van der Waals surface area contributed by atoms with Crippen molar-refractivity contribution in [2.45, 2.75) is 25.7 Å². The molecule has 3 fully saturated rings. The van der Waals surface area contributed by atoms with Crippen LogP contribution in [0, 0.1) is 11.3 Å². The number of rotatable bonds is 1. The third-order valence-electron chi connectivity index (χ3n) is 4.02. The second-order valence-corrected chi connectivity index (χ2v) is 5.14. The zero-order valence-corrected chi connectivity index (χ0v) is 8.50. The highest BCUT2D eigenvalue weighted by Gasteiger charge is 2.48. The third-order valence-corrected chi connectivity index (χ3v) is 4.02. The van der Waals surface area contributed by atoms with Crippen LogP contribution in [0.2, 0.25) is 0 Å². The maximum absolute atomic E-state index is 11.8. The van der Waals surface area contributed by atoms with Gasteiger partial charge in [0.2, 0.25) is 5.91 Å². The van der Waals surface area contributed by atoms with Crippen molar-refractivity contribution in [3.05, 3.63) is 0 Å². The molecule has 3 aliphatic rings. The average Bonchev–Trinajstić information content (AvgIpc) is 2.45. The van der Waals surface area contributed by atoms with Crippen LogP contribution >= 0.6 is 0 Å². The summed E-state index contributed by atoms with van der Waals surface area (Å²) >= 11 is 0. The van der Waals surface area contributed by atoms with Crippen molar-refractivity contribution >= 4 is 5.91 Å². The molecule has 2 heterocycles. The number of ether oxygens (including phenoxy) is 1. The second-order valence-electron chi connectivity index (χ2n) is 5.14. The molecule has 3 rings (SSSR count). The van der Waals surface area contributed by atoms with Gasteiger partial charge in [-0.25, -0.2) is 0 Å². The Morgan fingerprint density at radius 1 is 1.21 bits per heavy atom. The van der Waals surface area contributed by atoms with Crippen LogP contribution < -0.4 is 0 Å². The Hall–Kier alpha value is -0.570. The van der Waals surface area contributed by atoms with E-state index in [1.807, 2.05) is 4.90 Å². The zero-order valence-electron chi connectivity index (χ0n) is 8.50. The van der Waals surface area contributed by atoms with E-state index in [4.69, 9.17) is 4.74 Å². The molecule has 0 aromatic rings. The molecule has 2 aliphatic heterocycles. The maximum Gasteiger partial charge on any atom is 0.230 e. The minimum absolute atomic E-state index is 0.189. The number of hydrogen-bond acceptors (Lipinski definition) is 2. The minimum Gasteiger partial charge on any atom is -0.380 e. The lowest BCUT2D eigenvalue weighted by atomic mass is 9.77. The molecule has 0 aromatic heterocycles. The fraction of sp³-hybridized carbons (Fsp3) is 0.909. The second kappa shape index (κ2) is 2.96. The van der Waals surface area contributed by atoms with Crippen molar-refractivity contribution in [2.75, 3.05) is 26.3 Å². The lowest BCUT2D eigenvalue weighted by Gasteiger charge is -2.50. The van der Waals surface area contributed by atoms with E-state index in [1.54, 1.807) is 0 Å². The van der Waals surface area contributed by atoms with Gasteiger partial charge in [-0.05, 0) is 12.8 Å². The number of likely N-dealkylation sites (tertiary alicyclic amines) is 1. The number of hydrogen-bond donors (Lipinski definition) is 0. The lowest BCUT2D eigenvalue weighted by molar-refractivity contribution is -0.161. The molecule has 3 nitrogen and oxygen atoms in total. The summed E-state index contributed by atoms with van der Waals surface area (Å²) in [6.07, 6.45) is 5.43. The van der Waals surface area contributed by atoms with E-state index in [9.17, 15) is 4.79 Å². The summed E-state index contributed by atoms with van der Waals surface area (Å²) in [5.41, 5.74) is 0.542. The quantitative estimate of drug-likeness (QED) is 0.625. The maximum atomic E-state index is 11.8. The summed E-state index contributed by atoms with van der Waals surface area (Å²) in [5.74, 6) is 0.530. The summed E-state index contributed by atoms with van der Waals surface area (Å²) in [6, 6.07) is 0. The first-order valence-electron chi connectivity index (χ1n) is 5.66. The van der Waals surface area contributed by atoms with Crippen LogP contribution in [-0.2, 0) is 9.53 Å². The van der Waals surface area contributed by atoms with Gasteiger partial charge in [-0.1, -0.05) is 12.8 Å². The molecule has 14 heavy (non-hydrogen) atoms. The topological polar surface area (TPSA) is 29.5 Å². The summed E-state index contributed by atoms with van der Waals surface area (Å²) in [6.45, 7) is 3.37. The number of carbonyl (C=O) groups excluding carboxylic acids is 1. The first-order valence-corrected chi connectivity index (χ1v) is 5.66. The number of carbonyl (C=O) groups is 1. The van der Waals surface area contributed by atoms with Gasteiger partial charge in [-0.15, -0.1) is 0 Å². The van der Waals surface area contributed by atoms with Gasteiger partial charge in [0.25, 0.3) is 0 Å². The van der Waals surface area contributed by atoms with Crippen molar-refractivity contribution in [2.24, 2.45) is 11.3 Å². The van der Waals surface area contributed by atoms with E-state index < -0.39 is 0 Å². The normalized spacial score (nSPS) is 30.1. The summed E-state index contributed by atoms with van der Waals surface area (Å²) < 4.78 is 5.04. The SMILES string of the molecule is O=C(C1COC1)N1CC2(CCCC2)C1. The van der Waals surface area contributed by atoms with Crippen LogP contribution in [0.15, 0.2) is 0 Å². The van der Waals surface area contributed by atoms with Crippen LogP contribution in [-0.4, -0.2) is 37.1 Å². The molecule has 1 saturated carbocycles. The average molecular weight is 195 g/mol. The van der Waals surface area contributed by atoms with E-state index in [-0.39, 0.29) is 5.92 Å². The molecule has 1 spiro atoms. The molecule has 78 valence electrons. The van der Waals surface area contributed by atoms with Gasteiger partial charge in [-0.3, -0.25) is 4.79 Å². The lowest BCUT2D eigenvalue weighted by Crippen LogP contribution is -2.60. The smallest absolute Gasteiger partial charge is 0.230 e. The molecule has 0 bridgehead atoms. The van der Waals surface area contributed by atoms with Gasteiger partial charge in [0.05, 0.1) is 19.1 Å². The minimum atomic E-state index is 0.189. The van der Waals surface area contributed by atoms with E-state index >= 15 is 0 Å². The summed E-state index contributed by atoms with van der Waals surface area (Å²) in [4.78, 5) is 13.8. The van der Waals surface area contributed by atoms with Crippen LogP contribution in [0.1, 0.15) is 25.7 Å². The summed E-state index contributed by atoms with van der Waals surface area (Å²) in [7, 11) is 0. The summed E-state index contributed by atoms with van der Waals surface area (Å²) in [5, 5.41) is 0. The fourth-order valence-electron chi connectivity index (χ4n) is 3.00. The Morgan fingerprint density at radius 3 is 2.36 bits per heavy atom. The molecule has 0 unspecified atom stereocenters. The van der Waals surface area contributed by atoms with Gasteiger partial charge < -0.3 is 9.64 Å². The van der Waals surface area contributed by atoms with Gasteiger partial charge >= 0.3 is 0 Å². The van der Waals surface area contributed by atoms with Gasteiger partial charge in [0.15, 0.2) is 0 Å². The monoisotopic (exact) mass is 195 g/mol. The molecule has 0 N–H and O–H groups in total. The predicted molar refractivity (Wildman–Crippen MR) is 51.8 cm³/mol. The Balaban J connectivity index is 1.55. The molecule has 0 atom stereocenters. The van der Waals surface area contributed by atoms with Crippen molar-refractivity contribution in [1.29, 1.82) is 0 Å². The van der Waals surface area contributed by atoms with Crippen LogP contribution in [0.25, 0.3) is 0 Å². The first kappa shape index (κ1) is 8.72. The first-order chi connectivity index (χ1) is 6.79. The fourth-order valence-corrected chi connectivity index (χ4v) is 3.00. The molecular formula is C11H17NO2. The highest BCUT2D eigenvalue weighted by atomic mass is 16.5. The van der Waals surface area contributed by atoms with Crippen LogP contribution in [0.5, 0.6) is 0 Å².